The van der Waals surface area contributed by atoms with Gasteiger partial charge in [-0.3, -0.25) is 0 Å². The summed E-state index contributed by atoms with van der Waals surface area (Å²) in [6.45, 7) is 0. The van der Waals surface area contributed by atoms with Crippen molar-refractivity contribution in [2.75, 3.05) is 12.4 Å². The van der Waals surface area contributed by atoms with Gasteiger partial charge in [0.15, 0.2) is 0 Å². The molecule has 0 bridgehead atoms. The summed E-state index contributed by atoms with van der Waals surface area (Å²) in [7, 11) is 1.77. The van der Waals surface area contributed by atoms with Crippen LogP contribution in [0.5, 0.6) is 0 Å². The second-order valence-corrected chi connectivity index (χ2v) is 3.72. The third kappa shape index (κ3) is 1.59. The number of nitrogens with one attached hydrogen (secondary N) is 1. The van der Waals surface area contributed by atoms with E-state index in [-0.39, 0.29) is 5.56 Å². The Hall–Kier alpha value is -1.12. The lowest BCUT2D eigenvalue weighted by atomic mass is 10.0. The molecule has 1 aliphatic rings. The average molecular weight is 197 g/mol. The first-order valence-corrected chi connectivity index (χ1v) is 4.80. The lowest BCUT2D eigenvalue weighted by Gasteiger charge is -2.16. The van der Waals surface area contributed by atoms with Crippen LogP contribution >= 0.6 is 0 Å². The van der Waals surface area contributed by atoms with E-state index >= 15 is 0 Å². The molecular formula is C11H13F2N. The number of alkyl halides is 2. The van der Waals surface area contributed by atoms with E-state index in [4.69, 9.17) is 0 Å². The normalized spacial score (nSPS) is 16.8. The first-order valence-electron chi connectivity index (χ1n) is 4.80. The van der Waals surface area contributed by atoms with Crippen LogP contribution in [-0.2, 0) is 5.92 Å². The molecule has 0 unspecified atom stereocenters. The van der Waals surface area contributed by atoms with Crippen LogP contribution in [0, 0.1) is 5.92 Å². The molecule has 0 aromatic heterocycles. The zero-order chi connectivity index (χ0) is 10.2. The standard InChI is InChI=1S/C11H13F2N/c1-14-10-6-4-9(5-7-10)11(12,13)8-2-3-8/h4-8,14H,2-3H2,1H3. The maximum absolute atomic E-state index is 13.6. The molecule has 1 aromatic rings. The van der Waals surface area contributed by atoms with Gasteiger partial charge in [0.05, 0.1) is 0 Å². The fourth-order valence-corrected chi connectivity index (χ4v) is 1.54. The molecule has 14 heavy (non-hydrogen) atoms. The minimum absolute atomic E-state index is 0.138. The van der Waals surface area contributed by atoms with E-state index in [0.29, 0.717) is 12.8 Å². The van der Waals surface area contributed by atoms with Gasteiger partial charge in [0.25, 0.3) is 5.92 Å². The number of hydrogen-bond donors (Lipinski definition) is 1. The predicted molar refractivity (Wildman–Crippen MR) is 52.6 cm³/mol. The number of anilines is 1. The van der Waals surface area contributed by atoms with Gasteiger partial charge in [0.1, 0.15) is 0 Å². The highest BCUT2D eigenvalue weighted by atomic mass is 19.3. The molecule has 76 valence electrons. The zero-order valence-electron chi connectivity index (χ0n) is 8.06. The van der Waals surface area contributed by atoms with E-state index in [2.05, 4.69) is 5.32 Å². The molecule has 1 aliphatic carbocycles. The van der Waals surface area contributed by atoms with Gasteiger partial charge in [-0.1, -0.05) is 12.1 Å². The topological polar surface area (TPSA) is 12.0 Å². The summed E-state index contributed by atoms with van der Waals surface area (Å²) in [5, 5.41) is 2.91. The van der Waals surface area contributed by atoms with Crippen LogP contribution in [0.15, 0.2) is 24.3 Å². The number of benzene rings is 1. The van der Waals surface area contributed by atoms with Crippen LogP contribution < -0.4 is 5.32 Å². The van der Waals surface area contributed by atoms with Crippen LogP contribution in [0.4, 0.5) is 14.5 Å². The van der Waals surface area contributed by atoms with Gasteiger partial charge in [0.2, 0.25) is 0 Å². The predicted octanol–water partition coefficient (Wildman–Crippen LogP) is 3.23. The fraction of sp³-hybridized carbons (Fsp3) is 0.455. The molecule has 1 nitrogen and oxygen atoms in total. The van der Waals surface area contributed by atoms with E-state index in [9.17, 15) is 8.78 Å². The van der Waals surface area contributed by atoms with Crippen molar-refractivity contribution >= 4 is 5.69 Å². The third-order valence-corrected chi connectivity index (χ3v) is 2.65. The second-order valence-electron chi connectivity index (χ2n) is 3.72. The smallest absolute Gasteiger partial charge is 0.276 e. The lowest BCUT2D eigenvalue weighted by Crippen LogP contribution is -2.15. The molecule has 0 saturated heterocycles. The van der Waals surface area contributed by atoms with Crippen molar-refractivity contribution in [2.24, 2.45) is 5.92 Å². The van der Waals surface area contributed by atoms with E-state index in [1.54, 1.807) is 19.2 Å². The molecule has 3 heteroatoms. The van der Waals surface area contributed by atoms with Crippen LogP contribution in [-0.4, -0.2) is 7.05 Å². The summed E-state index contributed by atoms with van der Waals surface area (Å²) >= 11 is 0. The number of rotatable bonds is 3. The number of halogens is 2. The summed E-state index contributed by atoms with van der Waals surface area (Å²) in [5.74, 6) is -3.06. The Bertz CT molecular complexity index is 315. The van der Waals surface area contributed by atoms with Crippen molar-refractivity contribution in [1.82, 2.24) is 0 Å². The van der Waals surface area contributed by atoms with Crippen LogP contribution in [0.1, 0.15) is 18.4 Å². The molecule has 0 spiro atoms. The van der Waals surface area contributed by atoms with Crippen LogP contribution in [0.25, 0.3) is 0 Å². The Labute approximate surface area is 82.1 Å². The molecule has 2 rings (SSSR count). The van der Waals surface area contributed by atoms with Gasteiger partial charge < -0.3 is 5.32 Å². The van der Waals surface area contributed by atoms with E-state index in [1.165, 1.54) is 12.1 Å². The van der Waals surface area contributed by atoms with Gasteiger partial charge in [-0.25, -0.2) is 8.78 Å². The number of hydrogen-bond acceptors (Lipinski definition) is 1. The van der Waals surface area contributed by atoms with Crippen molar-refractivity contribution < 1.29 is 8.78 Å². The van der Waals surface area contributed by atoms with Gasteiger partial charge in [-0.05, 0) is 25.0 Å². The third-order valence-electron chi connectivity index (χ3n) is 2.65. The Morgan fingerprint density at radius 3 is 2.21 bits per heavy atom. The van der Waals surface area contributed by atoms with Gasteiger partial charge in [0, 0.05) is 24.2 Å². The van der Waals surface area contributed by atoms with Crippen molar-refractivity contribution in [2.45, 2.75) is 18.8 Å². The summed E-state index contributed by atoms with van der Waals surface area (Å²) in [6, 6.07) is 6.38. The molecule has 1 aromatic carbocycles. The van der Waals surface area contributed by atoms with Crippen LogP contribution in [0.2, 0.25) is 0 Å². The molecule has 1 N–H and O–H groups in total. The highest BCUT2D eigenvalue weighted by Gasteiger charge is 2.47. The Kier molecular flexibility index (Phi) is 2.17. The molecular weight excluding hydrogens is 184 g/mol. The van der Waals surface area contributed by atoms with E-state index < -0.39 is 11.8 Å². The average Bonchev–Trinajstić information content (AvgIpc) is 3.01. The minimum Gasteiger partial charge on any atom is -0.388 e. The summed E-state index contributed by atoms with van der Waals surface area (Å²) in [5.41, 5.74) is 0.999. The highest BCUT2D eigenvalue weighted by molar-refractivity contribution is 5.44. The Morgan fingerprint density at radius 2 is 1.79 bits per heavy atom. The van der Waals surface area contributed by atoms with Gasteiger partial charge >= 0.3 is 0 Å². The molecule has 0 heterocycles. The quantitative estimate of drug-likeness (QED) is 0.784. The monoisotopic (exact) mass is 197 g/mol. The van der Waals surface area contributed by atoms with Gasteiger partial charge in [-0.2, -0.15) is 0 Å². The van der Waals surface area contributed by atoms with Crippen molar-refractivity contribution in [3.05, 3.63) is 29.8 Å². The SMILES string of the molecule is CNc1ccc(C(F)(F)C2CC2)cc1. The highest BCUT2D eigenvalue weighted by Crippen LogP contribution is 2.49. The molecule has 0 radical (unpaired) electrons. The first kappa shape index (κ1) is 9.44. The summed E-state index contributed by atoms with van der Waals surface area (Å²) < 4.78 is 27.1. The maximum atomic E-state index is 13.6. The molecule has 0 atom stereocenters. The second kappa shape index (κ2) is 3.23. The fourth-order valence-electron chi connectivity index (χ4n) is 1.54. The minimum atomic E-state index is -2.63. The molecule has 0 aliphatic heterocycles. The van der Waals surface area contributed by atoms with Crippen molar-refractivity contribution in [1.29, 1.82) is 0 Å². The largest absolute Gasteiger partial charge is 0.388 e. The first-order chi connectivity index (χ1) is 6.64. The lowest BCUT2D eigenvalue weighted by molar-refractivity contribution is -0.0285. The van der Waals surface area contributed by atoms with Crippen LogP contribution in [0.3, 0.4) is 0 Å². The maximum Gasteiger partial charge on any atom is 0.276 e. The van der Waals surface area contributed by atoms with Crippen molar-refractivity contribution in [3.63, 3.8) is 0 Å². The summed E-state index contributed by atoms with van der Waals surface area (Å²) in [6.07, 6.45) is 1.31. The van der Waals surface area contributed by atoms with E-state index in [0.717, 1.165) is 5.69 Å². The molecule has 1 fully saturated rings. The Morgan fingerprint density at radius 1 is 1.21 bits per heavy atom. The molecule has 1 saturated carbocycles. The Balaban J connectivity index is 2.23. The summed E-state index contributed by atoms with van der Waals surface area (Å²) in [4.78, 5) is 0. The molecule has 0 amide bonds. The van der Waals surface area contributed by atoms with E-state index in [1.807, 2.05) is 0 Å². The zero-order valence-corrected chi connectivity index (χ0v) is 8.06. The van der Waals surface area contributed by atoms with Crippen molar-refractivity contribution in [3.8, 4) is 0 Å². The van der Waals surface area contributed by atoms with Gasteiger partial charge in [-0.15, -0.1) is 0 Å².